The first-order valence-corrected chi connectivity index (χ1v) is 12.2. The molecule has 1 saturated heterocycles. The van der Waals surface area contributed by atoms with Crippen molar-refractivity contribution >= 4 is 15.8 Å². The highest BCUT2D eigenvalue weighted by atomic mass is 32.2. The minimum Gasteiger partial charge on any atom is -0.496 e. The molecule has 0 aliphatic carbocycles. The Morgan fingerprint density at radius 2 is 2.00 bits per heavy atom. The van der Waals surface area contributed by atoms with E-state index in [-0.39, 0.29) is 10.9 Å². The van der Waals surface area contributed by atoms with Crippen LogP contribution in [0, 0.1) is 6.92 Å². The van der Waals surface area contributed by atoms with Crippen molar-refractivity contribution in [1.82, 2.24) is 19.2 Å². The van der Waals surface area contributed by atoms with Gasteiger partial charge in [0.15, 0.2) is 0 Å². The summed E-state index contributed by atoms with van der Waals surface area (Å²) in [5, 5.41) is 3.20. The van der Waals surface area contributed by atoms with Crippen molar-refractivity contribution in [3.05, 3.63) is 40.8 Å². The summed E-state index contributed by atoms with van der Waals surface area (Å²) in [6.45, 7) is 4.05. The van der Waals surface area contributed by atoms with E-state index in [2.05, 4.69) is 17.3 Å². The second-order valence-corrected chi connectivity index (χ2v) is 10.2. The highest BCUT2D eigenvalue weighted by Gasteiger charge is 2.37. The fraction of sp³-hybridized carbons (Fsp3) is 0.545. The van der Waals surface area contributed by atoms with Crippen molar-refractivity contribution in [2.75, 3.05) is 39.6 Å². The number of fused-ring (bicyclic) bond motifs is 1. The van der Waals surface area contributed by atoms with Crippen molar-refractivity contribution < 1.29 is 13.2 Å². The van der Waals surface area contributed by atoms with Crippen LogP contribution in [-0.2, 0) is 23.0 Å². The van der Waals surface area contributed by atoms with Gasteiger partial charge < -0.3 is 15.0 Å². The topological polar surface area (TPSA) is 87.7 Å². The number of ether oxygens (including phenoxy) is 1. The van der Waals surface area contributed by atoms with Gasteiger partial charge >= 0.3 is 0 Å². The van der Waals surface area contributed by atoms with E-state index in [0.29, 0.717) is 18.1 Å². The Hall–Kier alpha value is -2.23. The fourth-order valence-corrected chi connectivity index (χ4v) is 6.26. The molecule has 0 saturated carbocycles. The highest BCUT2D eigenvalue weighted by molar-refractivity contribution is 7.89. The van der Waals surface area contributed by atoms with Crippen LogP contribution < -0.4 is 10.1 Å². The van der Waals surface area contributed by atoms with Crippen molar-refractivity contribution in [2.45, 2.75) is 50.1 Å². The van der Waals surface area contributed by atoms with Gasteiger partial charge in [-0.25, -0.2) is 18.4 Å². The number of hydrogen-bond donors (Lipinski definition) is 1. The van der Waals surface area contributed by atoms with E-state index in [0.717, 1.165) is 61.4 Å². The third-order valence-electron chi connectivity index (χ3n) is 6.23. The number of aryl methyl sites for hydroxylation is 1. The molecule has 0 amide bonds. The van der Waals surface area contributed by atoms with Crippen molar-refractivity contribution in [1.29, 1.82) is 0 Å². The molecular formula is C22H31N5O3S. The smallest absolute Gasteiger partial charge is 0.243 e. The molecule has 168 valence electrons. The number of piperidine rings is 1. The predicted molar refractivity (Wildman–Crippen MR) is 120 cm³/mol. The number of sulfonamides is 1. The number of nitrogens with zero attached hydrogens (tertiary/aromatic N) is 4. The quantitative estimate of drug-likeness (QED) is 0.757. The number of nitrogens with one attached hydrogen (secondary N) is 1. The predicted octanol–water partition coefficient (Wildman–Crippen LogP) is 2.74. The molecule has 2 aromatic rings. The van der Waals surface area contributed by atoms with Gasteiger partial charge in [-0.2, -0.15) is 4.31 Å². The van der Waals surface area contributed by atoms with Crippen molar-refractivity contribution in [3.8, 4) is 5.75 Å². The lowest BCUT2D eigenvalue weighted by molar-refractivity contribution is 0.244. The van der Waals surface area contributed by atoms with Crippen LogP contribution in [0.15, 0.2) is 23.1 Å². The lowest BCUT2D eigenvalue weighted by atomic mass is 10.0. The molecule has 1 aromatic carbocycles. The molecule has 8 nitrogen and oxygen atoms in total. The third-order valence-corrected chi connectivity index (χ3v) is 8.13. The van der Waals surface area contributed by atoms with E-state index in [9.17, 15) is 8.42 Å². The minimum absolute atomic E-state index is 0.283. The van der Waals surface area contributed by atoms with Gasteiger partial charge in [0.25, 0.3) is 0 Å². The van der Waals surface area contributed by atoms with Gasteiger partial charge in [0.1, 0.15) is 17.4 Å². The van der Waals surface area contributed by atoms with E-state index in [4.69, 9.17) is 14.7 Å². The Morgan fingerprint density at radius 1 is 1.19 bits per heavy atom. The zero-order chi connectivity index (χ0) is 22.2. The lowest BCUT2D eigenvalue weighted by Crippen LogP contribution is -2.40. The van der Waals surface area contributed by atoms with Crippen LogP contribution in [0.5, 0.6) is 5.75 Å². The Labute approximate surface area is 184 Å². The summed E-state index contributed by atoms with van der Waals surface area (Å²) >= 11 is 0. The summed E-state index contributed by atoms with van der Waals surface area (Å²) in [6.07, 6.45) is 3.35. The van der Waals surface area contributed by atoms with Crippen LogP contribution in [0.4, 0.5) is 5.82 Å². The number of anilines is 1. The number of hydrogen-bond acceptors (Lipinski definition) is 7. The molecule has 1 aromatic heterocycles. The first-order valence-electron chi connectivity index (χ1n) is 10.8. The molecule has 2 aliphatic rings. The summed E-state index contributed by atoms with van der Waals surface area (Å²) in [5.41, 5.74) is 2.93. The molecule has 2 aliphatic heterocycles. The van der Waals surface area contributed by atoms with Crippen LogP contribution in [0.1, 0.15) is 47.9 Å². The monoisotopic (exact) mass is 445 g/mol. The Kier molecular flexibility index (Phi) is 6.18. The van der Waals surface area contributed by atoms with E-state index in [1.165, 1.54) is 0 Å². The largest absolute Gasteiger partial charge is 0.496 e. The highest BCUT2D eigenvalue weighted by Crippen LogP contribution is 2.36. The van der Waals surface area contributed by atoms with Gasteiger partial charge in [-0.3, -0.25) is 0 Å². The van der Waals surface area contributed by atoms with Crippen LogP contribution in [-0.4, -0.2) is 61.9 Å². The van der Waals surface area contributed by atoms with E-state index in [1.54, 1.807) is 29.6 Å². The van der Waals surface area contributed by atoms with Gasteiger partial charge in [-0.1, -0.05) is 6.42 Å². The number of benzene rings is 1. The molecule has 4 rings (SSSR count). The first kappa shape index (κ1) is 22.0. The molecule has 0 radical (unpaired) electrons. The van der Waals surface area contributed by atoms with Gasteiger partial charge in [0.05, 0.1) is 23.7 Å². The minimum atomic E-state index is -3.69. The molecule has 3 heterocycles. The van der Waals surface area contributed by atoms with Gasteiger partial charge in [0.2, 0.25) is 10.0 Å². The summed E-state index contributed by atoms with van der Waals surface area (Å²) < 4.78 is 34.1. The second-order valence-electron chi connectivity index (χ2n) is 8.35. The van der Waals surface area contributed by atoms with E-state index < -0.39 is 10.0 Å². The maximum absolute atomic E-state index is 13.6. The molecule has 0 spiro atoms. The SMILES string of the molecule is CNc1nc([C@H]2CCCCN2S(=O)(=O)c2ccc(OC)c(C)c2)nc2c1CN(C)CC2. The number of likely N-dealkylation sites (N-methyl/N-ethyl adjacent to an activating group) is 1. The summed E-state index contributed by atoms with van der Waals surface area (Å²) in [6, 6.07) is 4.66. The molecule has 1 fully saturated rings. The maximum atomic E-state index is 13.6. The molecule has 9 heteroatoms. The molecule has 1 atom stereocenters. The molecule has 0 unspecified atom stereocenters. The Morgan fingerprint density at radius 3 is 2.71 bits per heavy atom. The maximum Gasteiger partial charge on any atom is 0.243 e. The zero-order valence-corrected chi connectivity index (χ0v) is 19.5. The van der Waals surface area contributed by atoms with Crippen LogP contribution in [0.25, 0.3) is 0 Å². The van der Waals surface area contributed by atoms with Crippen LogP contribution in [0.2, 0.25) is 0 Å². The van der Waals surface area contributed by atoms with Gasteiger partial charge in [-0.15, -0.1) is 0 Å². The zero-order valence-electron chi connectivity index (χ0n) is 18.7. The first-order chi connectivity index (χ1) is 14.8. The van der Waals surface area contributed by atoms with E-state index in [1.807, 2.05) is 14.0 Å². The van der Waals surface area contributed by atoms with Crippen LogP contribution in [0.3, 0.4) is 0 Å². The van der Waals surface area contributed by atoms with Crippen molar-refractivity contribution in [2.24, 2.45) is 0 Å². The van der Waals surface area contributed by atoms with Gasteiger partial charge in [0, 0.05) is 38.7 Å². The van der Waals surface area contributed by atoms with Crippen LogP contribution >= 0.6 is 0 Å². The summed E-state index contributed by atoms with van der Waals surface area (Å²) in [5.74, 6) is 2.08. The normalized spacial score (nSPS) is 20.3. The molecule has 31 heavy (non-hydrogen) atoms. The second kappa shape index (κ2) is 8.72. The Balaban J connectivity index is 1.73. The van der Waals surface area contributed by atoms with Crippen molar-refractivity contribution in [3.63, 3.8) is 0 Å². The fourth-order valence-electron chi connectivity index (χ4n) is 4.52. The number of aromatic nitrogens is 2. The standard InChI is InChI=1S/C22H31N5O3S/c1-15-13-16(8-9-20(15)30-4)31(28,29)27-11-6-5-7-19(27)22-24-18-10-12-26(3)14-17(18)21(23-2)25-22/h8-9,13,19H,5-7,10-12,14H2,1-4H3,(H,23,24,25)/t19-/m1/s1. The van der Waals surface area contributed by atoms with E-state index >= 15 is 0 Å². The average molecular weight is 446 g/mol. The third kappa shape index (κ3) is 4.14. The molecule has 0 bridgehead atoms. The number of rotatable bonds is 5. The summed E-state index contributed by atoms with van der Waals surface area (Å²) in [4.78, 5) is 12.2. The van der Waals surface area contributed by atoms with Gasteiger partial charge in [-0.05, 0) is 50.6 Å². The number of methoxy groups -OCH3 is 1. The average Bonchev–Trinajstić information content (AvgIpc) is 2.78. The molecule has 1 N–H and O–H groups in total. The Bertz CT molecular complexity index is 1060. The molecular weight excluding hydrogens is 414 g/mol. The lowest BCUT2D eigenvalue weighted by Gasteiger charge is -2.35. The summed E-state index contributed by atoms with van der Waals surface area (Å²) in [7, 11) is 1.84.